The van der Waals surface area contributed by atoms with E-state index in [0.717, 1.165) is 0 Å². The Labute approximate surface area is 99.7 Å². The molecule has 0 bridgehead atoms. The lowest BCUT2D eigenvalue weighted by molar-refractivity contribution is -0.174. The molecular weight excluding hydrogens is 261 g/mol. The Morgan fingerprint density at radius 2 is 2.24 bits per heavy atom. The molecule has 8 heteroatoms. The second-order valence-corrected chi connectivity index (χ2v) is 3.41. The van der Waals surface area contributed by atoms with Gasteiger partial charge in [0.1, 0.15) is 18.4 Å². The van der Waals surface area contributed by atoms with Gasteiger partial charge in [0, 0.05) is 11.9 Å². The quantitative estimate of drug-likeness (QED) is 0.852. The lowest BCUT2D eigenvalue weighted by Crippen LogP contribution is -2.23. The number of ether oxygens (including phenoxy) is 1. The average molecular weight is 269 g/mol. The Hall–Kier alpha value is -1.34. The number of nitrogens with one attached hydrogen (secondary N) is 1. The van der Waals surface area contributed by atoms with Gasteiger partial charge in [-0.05, 0) is 12.1 Å². The zero-order chi connectivity index (χ0) is 12.9. The minimum Gasteiger partial charge on any atom is -0.362 e. The summed E-state index contributed by atoms with van der Waals surface area (Å²) in [6.07, 6.45) is -3.09. The maximum Gasteiger partial charge on any atom is 0.411 e. The number of carbonyl (C=O) groups is 1. The first kappa shape index (κ1) is 13.7. The Bertz CT molecular complexity index is 398. The Morgan fingerprint density at radius 3 is 2.82 bits per heavy atom. The molecule has 1 aromatic rings. The first-order valence-electron chi connectivity index (χ1n) is 4.43. The predicted octanol–water partition coefficient (Wildman–Crippen LogP) is 2.25. The zero-order valence-electron chi connectivity index (χ0n) is 8.42. The van der Waals surface area contributed by atoms with Crippen LogP contribution in [0.3, 0.4) is 0 Å². The van der Waals surface area contributed by atoms with Crippen LogP contribution >= 0.6 is 11.6 Å². The van der Waals surface area contributed by atoms with Crippen molar-refractivity contribution >= 4 is 23.2 Å². The van der Waals surface area contributed by atoms with Crippen LogP contribution in [0.1, 0.15) is 0 Å². The molecule has 0 spiro atoms. The van der Waals surface area contributed by atoms with Gasteiger partial charge in [0.05, 0.1) is 0 Å². The second kappa shape index (κ2) is 5.83. The van der Waals surface area contributed by atoms with Gasteiger partial charge in [-0.25, -0.2) is 4.98 Å². The van der Waals surface area contributed by atoms with Crippen molar-refractivity contribution in [2.75, 3.05) is 18.5 Å². The highest BCUT2D eigenvalue weighted by Gasteiger charge is 2.27. The van der Waals surface area contributed by atoms with E-state index in [4.69, 9.17) is 11.6 Å². The normalized spacial score (nSPS) is 11.3. The third-order valence-corrected chi connectivity index (χ3v) is 1.72. The highest BCUT2D eigenvalue weighted by molar-refractivity contribution is 6.29. The van der Waals surface area contributed by atoms with Crippen molar-refractivity contribution in [1.82, 2.24) is 4.98 Å². The Balaban J connectivity index is 2.35. The van der Waals surface area contributed by atoms with E-state index >= 15 is 0 Å². The molecule has 17 heavy (non-hydrogen) atoms. The standard InChI is InChI=1S/C9H8ClF3N2O2/c10-7-3-6(1-2-14-7)15-8(16)4-17-5-9(11,12)13/h1-3H,4-5H2,(H,14,15,16). The third kappa shape index (κ3) is 6.08. The van der Waals surface area contributed by atoms with Crippen molar-refractivity contribution in [3.8, 4) is 0 Å². The smallest absolute Gasteiger partial charge is 0.362 e. The fraction of sp³-hybridized carbons (Fsp3) is 0.333. The third-order valence-electron chi connectivity index (χ3n) is 1.51. The molecule has 0 aliphatic rings. The largest absolute Gasteiger partial charge is 0.411 e. The van der Waals surface area contributed by atoms with Crippen LogP contribution in [0.4, 0.5) is 18.9 Å². The first-order chi connectivity index (χ1) is 7.87. The van der Waals surface area contributed by atoms with Crippen molar-refractivity contribution < 1.29 is 22.7 Å². The highest BCUT2D eigenvalue weighted by Crippen LogP contribution is 2.14. The minimum atomic E-state index is -4.44. The van der Waals surface area contributed by atoms with E-state index in [1.54, 1.807) is 0 Å². The predicted molar refractivity (Wildman–Crippen MR) is 54.8 cm³/mol. The molecule has 0 saturated carbocycles. The summed E-state index contributed by atoms with van der Waals surface area (Å²) in [4.78, 5) is 14.8. The van der Waals surface area contributed by atoms with Crippen molar-refractivity contribution in [2.24, 2.45) is 0 Å². The molecule has 0 radical (unpaired) electrons. The van der Waals surface area contributed by atoms with Crippen LogP contribution in [-0.2, 0) is 9.53 Å². The van der Waals surface area contributed by atoms with Gasteiger partial charge in [-0.2, -0.15) is 13.2 Å². The summed E-state index contributed by atoms with van der Waals surface area (Å²) in [5.41, 5.74) is 0.339. The molecule has 0 aliphatic carbocycles. The topological polar surface area (TPSA) is 51.2 Å². The molecule has 0 aliphatic heterocycles. The molecule has 0 aromatic carbocycles. The molecule has 1 aromatic heterocycles. The number of carbonyl (C=O) groups excluding carboxylic acids is 1. The van der Waals surface area contributed by atoms with E-state index in [1.807, 2.05) is 0 Å². The monoisotopic (exact) mass is 268 g/mol. The summed E-state index contributed by atoms with van der Waals surface area (Å²) in [7, 11) is 0. The van der Waals surface area contributed by atoms with Gasteiger partial charge in [-0.1, -0.05) is 11.6 Å². The van der Waals surface area contributed by atoms with Gasteiger partial charge in [0.15, 0.2) is 0 Å². The number of pyridine rings is 1. The molecule has 4 nitrogen and oxygen atoms in total. The van der Waals surface area contributed by atoms with Crippen LogP contribution in [0.15, 0.2) is 18.3 Å². The lowest BCUT2D eigenvalue weighted by Gasteiger charge is -2.08. The summed E-state index contributed by atoms with van der Waals surface area (Å²) >= 11 is 5.55. The fourth-order valence-electron chi connectivity index (χ4n) is 0.937. The van der Waals surface area contributed by atoms with Crippen molar-refractivity contribution in [2.45, 2.75) is 6.18 Å². The summed E-state index contributed by atoms with van der Waals surface area (Å²) in [5.74, 6) is -0.698. The molecule has 1 amide bonds. The molecule has 94 valence electrons. The van der Waals surface area contributed by atoms with Crippen molar-refractivity contribution in [3.63, 3.8) is 0 Å². The van der Waals surface area contributed by atoms with E-state index < -0.39 is 25.3 Å². The molecule has 0 saturated heterocycles. The number of anilines is 1. The first-order valence-corrected chi connectivity index (χ1v) is 4.80. The van der Waals surface area contributed by atoms with Crippen LogP contribution in [0.5, 0.6) is 0 Å². The number of nitrogens with zero attached hydrogens (tertiary/aromatic N) is 1. The number of aromatic nitrogens is 1. The molecule has 0 atom stereocenters. The summed E-state index contributed by atoms with van der Waals surface area (Å²) in [6.45, 7) is -2.14. The zero-order valence-corrected chi connectivity index (χ0v) is 9.18. The fourth-order valence-corrected chi connectivity index (χ4v) is 1.11. The molecule has 0 unspecified atom stereocenters. The van der Waals surface area contributed by atoms with Crippen LogP contribution in [0.25, 0.3) is 0 Å². The summed E-state index contributed by atoms with van der Waals surface area (Å²) in [5, 5.41) is 2.48. The number of hydrogen-bond donors (Lipinski definition) is 1. The minimum absolute atomic E-state index is 0.166. The lowest BCUT2D eigenvalue weighted by atomic mass is 10.4. The van der Waals surface area contributed by atoms with Crippen LogP contribution in [-0.4, -0.2) is 30.3 Å². The number of hydrogen-bond acceptors (Lipinski definition) is 3. The molecule has 1 heterocycles. The SMILES string of the molecule is O=C(COCC(F)(F)F)Nc1ccnc(Cl)c1. The maximum absolute atomic E-state index is 11.7. The van der Waals surface area contributed by atoms with Crippen LogP contribution < -0.4 is 5.32 Å². The molecule has 1 N–H and O–H groups in total. The molecular formula is C9H8ClF3N2O2. The average Bonchev–Trinajstić information content (AvgIpc) is 2.15. The molecule has 0 fully saturated rings. The van der Waals surface area contributed by atoms with Gasteiger partial charge >= 0.3 is 6.18 Å². The Morgan fingerprint density at radius 1 is 1.53 bits per heavy atom. The number of rotatable bonds is 4. The van der Waals surface area contributed by atoms with E-state index in [9.17, 15) is 18.0 Å². The van der Waals surface area contributed by atoms with E-state index in [0.29, 0.717) is 5.69 Å². The molecule has 1 rings (SSSR count). The number of alkyl halides is 3. The van der Waals surface area contributed by atoms with Crippen LogP contribution in [0, 0.1) is 0 Å². The van der Waals surface area contributed by atoms with Gasteiger partial charge < -0.3 is 10.1 Å². The Kier molecular flexibility index (Phi) is 4.71. The summed E-state index contributed by atoms with van der Waals surface area (Å²) < 4.78 is 39.3. The van der Waals surface area contributed by atoms with Crippen molar-refractivity contribution in [3.05, 3.63) is 23.5 Å². The maximum atomic E-state index is 11.7. The van der Waals surface area contributed by atoms with E-state index in [2.05, 4.69) is 15.0 Å². The van der Waals surface area contributed by atoms with Gasteiger partial charge in [-0.15, -0.1) is 0 Å². The number of halogens is 4. The highest BCUT2D eigenvalue weighted by atomic mass is 35.5. The summed E-state index contributed by atoms with van der Waals surface area (Å²) in [6, 6.07) is 2.82. The van der Waals surface area contributed by atoms with E-state index in [1.165, 1.54) is 18.3 Å². The second-order valence-electron chi connectivity index (χ2n) is 3.02. The van der Waals surface area contributed by atoms with Gasteiger partial charge in [0.25, 0.3) is 0 Å². The van der Waals surface area contributed by atoms with Crippen LogP contribution in [0.2, 0.25) is 5.15 Å². The van der Waals surface area contributed by atoms with Gasteiger partial charge in [-0.3, -0.25) is 4.79 Å². The van der Waals surface area contributed by atoms with Crippen molar-refractivity contribution in [1.29, 1.82) is 0 Å². The van der Waals surface area contributed by atoms with Gasteiger partial charge in [0.2, 0.25) is 5.91 Å². The number of amides is 1. The van der Waals surface area contributed by atoms with E-state index in [-0.39, 0.29) is 5.15 Å².